The Morgan fingerprint density at radius 2 is 1.84 bits per heavy atom. The Kier molecular flexibility index (Phi) is 4.38. The molecule has 0 saturated heterocycles. The lowest BCUT2D eigenvalue weighted by Gasteiger charge is -2.07. The summed E-state index contributed by atoms with van der Waals surface area (Å²) in [6.07, 6.45) is 0.970. The zero-order valence-electron chi connectivity index (χ0n) is 10.9. The summed E-state index contributed by atoms with van der Waals surface area (Å²) in [6.45, 7) is 2.09. The first-order valence-corrected chi connectivity index (χ1v) is 6.92. The van der Waals surface area contributed by atoms with Crippen LogP contribution in [0.25, 0.3) is 0 Å². The van der Waals surface area contributed by atoms with Gasteiger partial charge in [-0.1, -0.05) is 47.1 Å². The molecule has 0 aliphatic rings. The van der Waals surface area contributed by atoms with Crippen molar-refractivity contribution in [3.8, 4) is 5.75 Å². The van der Waals surface area contributed by atoms with Gasteiger partial charge in [0.05, 0.1) is 7.11 Å². The highest BCUT2D eigenvalue weighted by molar-refractivity contribution is 9.10. The molecule has 0 N–H and O–H groups in total. The summed E-state index contributed by atoms with van der Waals surface area (Å²) in [5.74, 6) is 0.671. The van der Waals surface area contributed by atoms with E-state index < -0.39 is 0 Å². The molecule has 2 nitrogen and oxygen atoms in total. The molecule has 2 aromatic carbocycles. The first kappa shape index (κ1) is 13.8. The normalized spacial score (nSPS) is 10.3. The van der Waals surface area contributed by atoms with Gasteiger partial charge in [-0.3, -0.25) is 4.79 Å². The Morgan fingerprint density at radius 3 is 2.42 bits per heavy atom. The second-order valence-electron chi connectivity index (χ2n) is 4.23. The zero-order chi connectivity index (χ0) is 13.8. The van der Waals surface area contributed by atoms with Gasteiger partial charge in [0.2, 0.25) is 0 Å². The maximum absolute atomic E-state index is 12.4. The highest BCUT2D eigenvalue weighted by Gasteiger charge is 2.13. The SMILES string of the molecule is CCc1ccc(C(=O)c2cc(OC)ccc2Br)cc1. The van der Waals surface area contributed by atoms with Crippen molar-refractivity contribution in [2.45, 2.75) is 13.3 Å². The second-order valence-corrected chi connectivity index (χ2v) is 5.08. The number of benzene rings is 2. The number of hydrogen-bond acceptors (Lipinski definition) is 2. The molecule has 0 aliphatic heterocycles. The van der Waals surface area contributed by atoms with Crippen LogP contribution in [-0.2, 0) is 6.42 Å². The molecular formula is C16H15BrO2. The molecule has 3 heteroatoms. The molecule has 0 radical (unpaired) electrons. The molecule has 19 heavy (non-hydrogen) atoms. The van der Waals surface area contributed by atoms with Gasteiger partial charge >= 0.3 is 0 Å². The van der Waals surface area contributed by atoms with Crippen molar-refractivity contribution in [1.29, 1.82) is 0 Å². The Morgan fingerprint density at radius 1 is 1.16 bits per heavy atom. The summed E-state index contributed by atoms with van der Waals surface area (Å²) in [7, 11) is 1.59. The van der Waals surface area contributed by atoms with Crippen LogP contribution in [0.3, 0.4) is 0 Å². The van der Waals surface area contributed by atoms with Gasteiger partial charge in [0, 0.05) is 15.6 Å². The third-order valence-electron chi connectivity index (χ3n) is 3.04. The Labute approximate surface area is 121 Å². The number of methoxy groups -OCH3 is 1. The van der Waals surface area contributed by atoms with E-state index in [2.05, 4.69) is 22.9 Å². The van der Waals surface area contributed by atoms with Crippen LogP contribution >= 0.6 is 15.9 Å². The van der Waals surface area contributed by atoms with Crippen LogP contribution in [0.4, 0.5) is 0 Å². The number of carbonyl (C=O) groups is 1. The van der Waals surface area contributed by atoms with Gasteiger partial charge in [0.1, 0.15) is 5.75 Å². The number of halogens is 1. The van der Waals surface area contributed by atoms with Crippen LogP contribution in [0, 0.1) is 0 Å². The van der Waals surface area contributed by atoms with Gasteiger partial charge in [0.15, 0.2) is 5.78 Å². The third-order valence-corrected chi connectivity index (χ3v) is 3.73. The summed E-state index contributed by atoms with van der Waals surface area (Å²) in [4.78, 5) is 12.4. The van der Waals surface area contributed by atoms with Crippen LogP contribution < -0.4 is 4.74 Å². The van der Waals surface area contributed by atoms with Crippen molar-refractivity contribution in [3.05, 3.63) is 63.6 Å². The monoisotopic (exact) mass is 318 g/mol. The van der Waals surface area contributed by atoms with Crippen molar-refractivity contribution < 1.29 is 9.53 Å². The van der Waals surface area contributed by atoms with E-state index in [9.17, 15) is 4.79 Å². The van der Waals surface area contributed by atoms with Crippen molar-refractivity contribution in [2.24, 2.45) is 0 Å². The van der Waals surface area contributed by atoms with Crippen LogP contribution in [0.5, 0.6) is 5.75 Å². The van der Waals surface area contributed by atoms with E-state index in [0.717, 1.165) is 10.9 Å². The lowest BCUT2D eigenvalue weighted by Crippen LogP contribution is -2.03. The predicted molar refractivity (Wildman–Crippen MR) is 79.9 cm³/mol. The van der Waals surface area contributed by atoms with Gasteiger partial charge in [-0.15, -0.1) is 0 Å². The number of rotatable bonds is 4. The molecular weight excluding hydrogens is 304 g/mol. The lowest BCUT2D eigenvalue weighted by molar-refractivity contribution is 0.103. The minimum absolute atomic E-state index is 0.00609. The fourth-order valence-corrected chi connectivity index (χ4v) is 2.28. The van der Waals surface area contributed by atoms with Crippen molar-refractivity contribution in [1.82, 2.24) is 0 Å². The molecule has 0 aliphatic carbocycles. The van der Waals surface area contributed by atoms with Crippen LogP contribution in [0.15, 0.2) is 46.9 Å². The minimum Gasteiger partial charge on any atom is -0.497 e. The molecule has 0 atom stereocenters. The first-order chi connectivity index (χ1) is 9.15. The largest absolute Gasteiger partial charge is 0.497 e. The number of carbonyl (C=O) groups excluding carboxylic acids is 1. The molecule has 2 aromatic rings. The average molecular weight is 319 g/mol. The fourth-order valence-electron chi connectivity index (χ4n) is 1.85. The van der Waals surface area contributed by atoms with E-state index in [4.69, 9.17) is 4.74 Å². The zero-order valence-corrected chi connectivity index (χ0v) is 12.5. The summed E-state index contributed by atoms with van der Waals surface area (Å²) in [5.41, 5.74) is 2.52. The van der Waals surface area contributed by atoms with E-state index in [1.54, 1.807) is 13.2 Å². The first-order valence-electron chi connectivity index (χ1n) is 6.13. The van der Waals surface area contributed by atoms with Crippen molar-refractivity contribution in [2.75, 3.05) is 7.11 Å². The molecule has 0 heterocycles. The topological polar surface area (TPSA) is 26.3 Å². The second kappa shape index (κ2) is 6.02. The molecule has 2 rings (SSSR count). The van der Waals surface area contributed by atoms with Crippen molar-refractivity contribution >= 4 is 21.7 Å². The van der Waals surface area contributed by atoms with Gasteiger partial charge in [0.25, 0.3) is 0 Å². The fraction of sp³-hybridized carbons (Fsp3) is 0.188. The number of aryl methyl sites for hydroxylation is 1. The highest BCUT2D eigenvalue weighted by Crippen LogP contribution is 2.25. The molecule has 0 saturated carbocycles. The quantitative estimate of drug-likeness (QED) is 0.788. The Hall–Kier alpha value is -1.61. The van der Waals surface area contributed by atoms with Gasteiger partial charge in [-0.25, -0.2) is 0 Å². The molecule has 0 amide bonds. The molecule has 0 fully saturated rings. The smallest absolute Gasteiger partial charge is 0.194 e. The van der Waals surface area contributed by atoms with Gasteiger partial charge in [-0.2, -0.15) is 0 Å². The molecule has 0 unspecified atom stereocenters. The van der Waals surface area contributed by atoms with Crippen LogP contribution in [0.2, 0.25) is 0 Å². The van der Waals surface area contributed by atoms with E-state index in [1.807, 2.05) is 36.4 Å². The molecule has 0 bridgehead atoms. The van der Waals surface area contributed by atoms with Crippen LogP contribution in [0.1, 0.15) is 28.4 Å². The van der Waals surface area contributed by atoms with Crippen molar-refractivity contribution in [3.63, 3.8) is 0 Å². The predicted octanol–water partition coefficient (Wildman–Crippen LogP) is 4.25. The van der Waals surface area contributed by atoms with Gasteiger partial charge in [-0.05, 0) is 30.2 Å². The molecule has 98 valence electrons. The Bertz CT molecular complexity index is 588. The standard InChI is InChI=1S/C16H15BrO2/c1-3-11-4-6-12(7-5-11)16(18)14-10-13(19-2)8-9-15(14)17/h4-10H,3H2,1-2H3. The van der Waals surface area contributed by atoms with E-state index >= 15 is 0 Å². The average Bonchev–Trinajstić information content (AvgIpc) is 2.47. The van der Waals surface area contributed by atoms with Crippen LogP contribution in [-0.4, -0.2) is 12.9 Å². The maximum atomic E-state index is 12.4. The maximum Gasteiger partial charge on any atom is 0.194 e. The number of hydrogen-bond donors (Lipinski definition) is 0. The number of ether oxygens (including phenoxy) is 1. The highest BCUT2D eigenvalue weighted by atomic mass is 79.9. The van der Waals surface area contributed by atoms with E-state index in [0.29, 0.717) is 16.9 Å². The summed E-state index contributed by atoms with van der Waals surface area (Å²) in [6, 6.07) is 13.1. The molecule has 0 aromatic heterocycles. The molecule has 0 spiro atoms. The summed E-state index contributed by atoms with van der Waals surface area (Å²) < 4.78 is 5.94. The Balaban J connectivity index is 2.37. The van der Waals surface area contributed by atoms with Gasteiger partial charge < -0.3 is 4.74 Å². The third kappa shape index (κ3) is 3.04. The van der Waals surface area contributed by atoms with E-state index in [-0.39, 0.29) is 5.78 Å². The summed E-state index contributed by atoms with van der Waals surface area (Å²) >= 11 is 3.41. The minimum atomic E-state index is -0.00609. The number of ketones is 1. The lowest BCUT2D eigenvalue weighted by atomic mass is 10.0. The summed E-state index contributed by atoms with van der Waals surface area (Å²) in [5, 5.41) is 0. The van der Waals surface area contributed by atoms with E-state index in [1.165, 1.54) is 5.56 Å².